The first-order valence-electron chi connectivity index (χ1n) is 15.3. The first-order chi connectivity index (χ1) is 19.0. The van der Waals surface area contributed by atoms with E-state index < -0.39 is 54.4 Å². The molecule has 4 N–H and O–H groups in total. The average Bonchev–Trinajstić information content (AvgIpc) is 3.19. The number of fused-ring (bicyclic) bond motifs is 1. The van der Waals surface area contributed by atoms with Gasteiger partial charge in [0.1, 0.15) is 12.2 Å². The highest BCUT2D eigenvalue weighted by atomic mass is 16.8. The molecule has 0 aliphatic carbocycles. The Bertz CT molecular complexity index is 860. The third-order valence-electron chi connectivity index (χ3n) is 9.35. The quantitative estimate of drug-likeness (QED) is 0.361. The van der Waals surface area contributed by atoms with Crippen LogP contribution in [0.3, 0.4) is 0 Å². The van der Waals surface area contributed by atoms with Crippen molar-refractivity contribution in [2.75, 3.05) is 20.6 Å². The van der Waals surface area contributed by atoms with Crippen LogP contribution in [0.5, 0.6) is 0 Å². The van der Waals surface area contributed by atoms with Gasteiger partial charge in [0.25, 0.3) is 0 Å². The molecular weight excluding hydrogens is 532 g/mol. The molecule has 11 nitrogen and oxygen atoms in total. The lowest BCUT2D eigenvalue weighted by atomic mass is 9.80. The van der Waals surface area contributed by atoms with Crippen molar-refractivity contribution in [1.29, 1.82) is 0 Å². The minimum Gasteiger partial charge on any atom is -0.426 e. The summed E-state index contributed by atoms with van der Waals surface area (Å²) in [7, 11) is 3.85. The van der Waals surface area contributed by atoms with E-state index in [9.17, 15) is 20.1 Å². The van der Waals surface area contributed by atoms with Gasteiger partial charge in [0, 0.05) is 30.5 Å². The summed E-state index contributed by atoms with van der Waals surface area (Å²) in [5.74, 6) is -0.724. The third kappa shape index (κ3) is 7.92. The Morgan fingerprint density at radius 3 is 2.29 bits per heavy atom. The van der Waals surface area contributed by atoms with Crippen molar-refractivity contribution in [3.63, 3.8) is 0 Å². The lowest BCUT2D eigenvalue weighted by Gasteiger charge is -2.46. The summed E-state index contributed by atoms with van der Waals surface area (Å²) in [6.45, 7) is 15.8. The van der Waals surface area contributed by atoms with E-state index in [1.807, 2.05) is 60.5 Å². The number of rotatable bonds is 4. The number of hydrogen-bond donors (Lipinski definition) is 4. The van der Waals surface area contributed by atoms with Crippen molar-refractivity contribution in [1.82, 2.24) is 10.2 Å². The topological polar surface area (TPSA) is 139 Å². The van der Waals surface area contributed by atoms with Crippen molar-refractivity contribution in [2.45, 2.75) is 147 Å². The minimum atomic E-state index is -1.30. The van der Waals surface area contributed by atoms with Crippen LogP contribution in [0, 0.1) is 17.8 Å². The zero-order chi connectivity index (χ0) is 30.9. The summed E-state index contributed by atoms with van der Waals surface area (Å²) in [5, 5.41) is 37.8. The van der Waals surface area contributed by atoms with E-state index in [0.717, 1.165) is 0 Å². The molecule has 0 radical (unpaired) electrons. The SMILES string of the molecule is CC[C@H]1OC(O)[C@H](C)C[C@H](C)[C@@H](O[C@@H]2O[C@H](C)C[C@H](N(C)C)[C@H]2O)[C@](C)(O)C[C@@H](C)NC[C@H](C)[C@H]2OC(=O)O[C@@]21C. The maximum Gasteiger partial charge on any atom is 0.509 e. The van der Waals surface area contributed by atoms with Gasteiger partial charge in [0.05, 0.1) is 17.8 Å². The molecule has 14 atom stereocenters. The molecule has 0 aromatic carbocycles. The average molecular weight is 589 g/mol. The third-order valence-corrected chi connectivity index (χ3v) is 9.35. The first kappa shape index (κ1) is 34.4. The lowest BCUT2D eigenvalue weighted by molar-refractivity contribution is -0.295. The maximum atomic E-state index is 12.3. The molecule has 3 fully saturated rings. The van der Waals surface area contributed by atoms with E-state index in [-0.39, 0.29) is 35.9 Å². The van der Waals surface area contributed by atoms with Crippen LogP contribution in [0.4, 0.5) is 4.79 Å². The molecule has 0 aromatic heterocycles. The Labute approximate surface area is 246 Å². The molecule has 3 rings (SSSR count). The molecule has 0 bridgehead atoms. The summed E-state index contributed by atoms with van der Waals surface area (Å²) < 4.78 is 30.1. The molecule has 240 valence electrons. The molecule has 3 aliphatic heterocycles. The highest BCUT2D eigenvalue weighted by Gasteiger charge is 2.56. The second-order valence-electron chi connectivity index (χ2n) is 13.7. The van der Waals surface area contributed by atoms with Crippen LogP contribution in [-0.2, 0) is 23.7 Å². The summed E-state index contributed by atoms with van der Waals surface area (Å²) in [4.78, 5) is 14.3. The van der Waals surface area contributed by atoms with Crippen LogP contribution < -0.4 is 5.32 Å². The number of likely N-dealkylation sites (N-methyl/N-ethyl adjacent to an activating group) is 1. The van der Waals surface area contributed by atoms with E-state index in [4.69, 9.17) is 23.7 Å². The standard InChI is InChI=1S/C30H56N2O9/c1-11-22-30(8)25(40-28(35)41-30)18(4)15-31-19(5)14-29(7,36)24(16(2)12-17(3)26(34)38-22)39-27-23(33)21(32(9)10)13-20(6)37-27/h16-27,31,33-34,36H,11-15H2,1-10H3/t16-,17+,18-,19+,20+,21-,22+,23+,24+,25+,26?,27-,29+,30+/m0/s1. The van der Waals surface area contributed by atoms with Crippen LogP contribution in [-0.4, -0.2) is 113 Å². The Hall–Kier alpha value is -1.05. The van der Waals surface area contributed by atoms with Gasteiger partial charge in [0.2, 0.25) is 0 Å². The number of aliphatic hydroxyl groups is 3. The van der Waals surface area contributed by atoms with Gasteiger partial charge in [-0.05, 0) is 73.4 Å². The fourth-order valence-electron chi connectivity index (χ4n) is 7.17. The monoisotopic (exact) mass is 588 g/mol. The van der Waals surface area contributed by atoms with Gasteiger partial charge in [0.15, 0.2) is 24.3 Å². The molecule has 3 saturated heterocycles. The molecule has 0 spiro atoms. The number of ether oxygens (including phenoxy) is 5. The first-order valence-corrected chi connectivity index (χ1v) is 15.3. The van der Waals surface area contributed by atoms with Gasteiger partial charge in [-0.1, -0.05) is 27.7 Å². The van der Waals surface area contributed by atoms with Gasteiger partial charge in [-0.25, -0.2) is 4.79 Å². The van der Waals surface area contributed by atoms with Crippen LogP contribution in [0.15, 0.2) is 0 Å². The number of carbonyl (C=O) groups excluding carboxylic acids is 1. The van der Waals surface area contributed by atoms with Gasteiger partial charge < -0.3 is 49.2 Å². The van der Waals surface area contributed by atoms with Crippen molar-refractivity contribution in [3.8, 4) is 0 Å². The van der Waals surface area contributed by atoms with Gasteiger partial charge in [-0.3, -0.25) is 0 Å². The van der Waals surface area contributed by atoms with Crippen molar-refractivity contribution in [2.24, 2.45) is 17.8 Å². The predicted octanol–water partition coefficient (Wildman–Crippen LogP) is 2.64. The molecule has 11 heteroatoms. The highest BCUT2D eigenvalue weighted by molar-refractivity contribution is 5.63. The normalized spacial score (nSPS) is 49.0. The summed E-state index contributed by atoms with van der Waals surface area (Å²) >= 11 is 0. The molecule has 1 unspecified atom stereocenters. The Morgan fingerprint density at radius 2 is 1.68 bits per heavy atom. The molecule has 0 amide bonds. The zero-order valence-electron chi connectivity index (χ0n) is 26.7. The van der Waals surface area contributed by atoms with Crippen LogP contribution in [0.25, 0.3) is 0 Å². The van der Waals surface area contributed by atoms with E-state index in [1.165, 1.54) is 0 Å². The second kappa shape index (κ2) is 13.7. The molecule has 0 saturated carbocycles. The summed E-state index contributed by atoms with van der Waals surface area (Å²) in [5.41, 5.74) is -2.38. The fourth-order valence-corrected chi connectivity index (χ4v) is 7.17. The van der Waals surface area contributed by atoms with Gasteiger partial charge >= 0.3 is 6.16 Å². The van der Waals surface area contributed by atoms with Crippen molar-refractivity contribution < 1.29 is 43.8 Å². The molecular formula is C30H56N2O9. The maximum absolute atomic E-state index is 12.3. The van der Waals surface area contributed by atoms with Crippen LogP contribution in [0.2, 0.25) is 0 Å². The van der Waals surface area contributed by atoms with Crippen molar-refractivity contribution in [3.05, 3.63) is 0 Å². The van der Waals surface area contributed by atoms with E-state index in [0.29, 0.717) is 32.2 Å². The smallest absolute Gasteiger partial charge is 0.426 e. The Morgan fingerprint density at radius 1 is 1.02 bits per heavy atom. The fraction of sp³-hybridized carbons (Fsp3) is 0.967. The van der Waals surface area contributed by atoms with Crippen LogP contribution >= 0.6 is 0 Å². The number of aliphatic hydroxyl groups excluding tert-OH is 2. The number of nitrogens with zero attached hydrogens (tertiary/aromatic N) is 1. The molecule has 3 heterocycles. The predicted molar refractivity (Wildman–Crippen MR) is 153 cm³/mol. The summed E-state index contributed by atoms with van der Waals surface area (Å²) in [6, 6.07) is -0.266. The molecule has 3 aliphatic rings. The Kier molecular flexibility index (Phi) is 11.5. The van der Waals surface area contributed by atoms with Crippen molar-refractivity contribution >= 4 is 6.16 Å². The van der Waals surface area contributed by atoms with Crippen LogP contribution in [0.1, 0.15) is 81.1 Å². The number of nitrogens with one attached hydrogen (secondary N) is 1. The highest BCUT2D eigenvalue weighted by Crippen LogP contribution is 2.39. The van der Waals surface area contributed by atoms with Gasteiger partial charge in [-0.2, -0.15) is 0 Å². The Balaban J connectivity index is 1.92. The molecule has 0 aromatic rings. The number of hydrogen-bond acceptors (Lipinski definition) is 11. The van der Waals surface area contributed by atoms with E-state index in [2.05, 4.69) is 5.32 Å². The molecule has 41 heavy (non-hydrogen) atoms. The minimum absolute atomic E-state index is 0.118. The van der Waals surface area contributed by atoms with Gasteiger partial charge in [-0.15, -0.1) is 0 Å². The lowest BCUT2D eigenvalue weighted by Crippen LogP contribution is -2.58. The largest absolute Gasteiger partial charge is 0.509 e. The van der Waals surface area contributed by atoms with E-state index >= 15 is 0 Å². The summed E-state index contributed by atoms with van der Waals surface area (Å²) in [6.07, 6.45) is -3.73. The number of carbonyl (C=O) groups is 1. The second-order valence-corrected chi connectivity index (χ2v) is 13.7. The zero-order valence-corrected chi connectivity index (χ0v) is 26.7. The van der Waals surface area contributed by atoms with E-state index in [1.54, 1.807) is 13.8 Å².